The number of amides is 2. The molecule has 0 fully saturated rings. The molecule has 0 spiro atoms. The lowest BCUT2D eigenvalue weighted by atomic mass is 10.2. The Bertz CT molecular complexity index is 571. The van der Waals surface area contributed by atoms with Crippen molar-refractivity contribution in [1.29, 1.82) is 0 Å². The van der Waals surface area contributed by atoms with Crippen molar-refractivity contribution in [2.45, 2.75) is 19.8 Å². The number of carbonyl (C=O) groups excluding carboxylic acids is 3. The molecule has 2 rings (SSSR count). The summed E-state index contributed by atoms with van der Waals surface area (Å²) in [5.41, 5.74) is 1.16. The van der Waals surface area contributed by atoms with Crippen molar-refractivity contribution in [2.24, 2.45) is 0 Å². The van der Waals surface area contributed by atoms with Crippen LogP contribution in [0.25, 0.3) is 0 Å². The van der Waals surface area contributed by atoms with E-state index in [0.717, 1.165) is 0 Å². The van der Waals surface area contributed by atoms with Crippen LogP contribution in [0.2, 0.25) is 0 Å². The molecule has 0 saturated carbocycles. The smallest absolute Gasteiger partial charge is 0.229 e. The second kappa shape index (κ2) is 6.49. The molecule has 1 aromatic carbocycles. The molecule has 112 valence electrons. The Kier molecular flexibility index (Phi) is 4.70. The Morgan fingerprint density at radius 3 is 2.52 bits per heavy atom. The number of benzene rings is 1. The number of carbonyl (C=O) groups is 3. The van der Waals surface area contributed by atoms with Crippen LogP contribution in [0.15, 0.2) is 24.3 Å². The van der Waals surface area contributed by atoms with Gasteiger partial charge in [0.1, 0.15) is 5.78 Å². The number of fused-ring (bicyclic) bond motifs is 1. The van der Waals surface area contributed by atoms with Gasteiger partial charge in [0.05, 0.1) is 30.9 Å². The molecule has 1 N–H and O–H groups in total. The average molecular weight is 290 g/mol. The molecule has 0 saturated heterocycles. The number of Topliss-reactive ketones (excluding diaryl/α,β-unsaturated/α-hetero) is 1. The summed E-state index contributed by atoms with van der Waals surface area (Å²) in [6, 6.07) is 7.01. The highest BCUT2D eigenvalue weighted by atomic mass is 16.3. The Morgan fingerprint density at radius 1 is 1.24 bits per heavy atom. The molecule has 0 unspecified atom stereocenters. The zero-order valence-electron chi connectivity index (χ0n) is 11.9. The number of anilines is 2. The van der Waals surface area contributed by atoms with E-state index in [0.29, 0.717) is 11.4 Å². The van der Waals surface area contributed by atoms with Gasteiger partial charge in [0.15, 0.2) is 0 Å². The van der Waals surface area contributed by atoms with Crippen molar-refractivity contribution in [2.75, 3.05) is 29.5 Å². The number of nitrogens with zero attached hydrogens (tertiary/aromatic N) is 2. The van der Waals surface area contributed by atoms with Crippen LogP contribution in [0.1, 0.15) is 19.8 Å². The van der Waals surface area contributed by atoms with Gasteiger partial charge in [0, 0.05) is 13.0 Å². The van der Waals surface area contributed by atoms with E-state index in [1.54, 1.807) is 24.3 Å². The van der Waals surface area contributed by atoms with E-state index in [-0.39, 0.29) is 50.1 Å². The first kappa shape index (κ1) is 15.2. The lowest BCUT2D eigenvalue weighted by Crippen LogP contribution is -2.34. The van der Waals surface area contributed by atoms with E-state index in [4.69, 9.17) is 5.11 Å². The van der Waals surface area contributed by atoms with Crippen molar-refractivity contribution >= 4 is 29.0 Å². The van der Waals surface area contributed by atoms with Crippen LogP contribution in [0.3, 0.4) is 0 Å². The first-order valence-electron chi connectivity index (χ1n) is 6.84. The number of rotatable bonds is 4. The van der Waals surface area contributed by atoms with E-state index in [1.165, 1.54) is 16.7 Å². The third-order valence-electron chi connectivity index (χ3n) is 3.32. The standard InChI is InChI=1S/C15H18N2O4/c1-11(19)10-17-13-5-3-2-4-12(13)16(8-6-14(17)20)15(21)7-9-18/h2-5,18H,6-10H2,1H3. The highest BCUT2D eigenvalue weighted by Crippen LogP contribution is 2.32. The van der Waals surface area contributed by atoms with Crippen LogP contribution >= 0.6 is 0 Å². The number of hydrogen-bond donors (Lipinski definition) is 1. The Morgan fingerprint density at radius 2 is 1.90 bits per heavy atom. The lowest BCUT2D eigenvalue weighted by Gasteiger charge is -2.24. The SMILES string of the molecule is CC(=O)CN1C(=O)CCN(C(=O)CCO)c2ccccc21. The van der Waals surface area contributed by atoms with Crippen LogP contribution < -0.4 is 9.80 Å². The third-order valence-corrected chi connectivity index (χ3v) is 3.32. The van der Waals surface area contributed by atoms with Gasteiger partial charge in [0.2, 0.25) is 11.8 Å². The number of aliphatic hydroxyl groups excluding tert-OH is 1. The summed E-state index contributed by atoms with van der Waals surface area (Å²) < 4.78 is 0. The molecule has 1 aliphatic rings. The Balaban J connectivity index is 2.44. The van der Waals surface area contributed by atoms with Crippen LogP contribution in [0, 0.1) is 0 Å². The maximum Gasteiger partial charge on any atom is 0.229 e. The zero-order chi connectivity index (χ0) is 15.4. The summed E-state index contributed by atoms with van der Waals surface area (Å²) in [5, 5.41) is 8.94. The Hall–Kier alpha value is -2.21. The van der Waals surface area contributed by atoms with Gasteiger partial charge in [-0.3, -0.25) is 14.4 Å². The summed E-state index contributed by atoms with van der Waals surface area (Å²) in [5.74, 6) is -0.535. The summed E-state index contributed by atoms with van der Waals surface area (Å²) >= 11 is 0. The number of hydrogen-bond acceptors (Lipinski definition) is 4. The topological polar surface area (TPSA) is 77.9 Å². The van der Waals surface area contributed by atoms with Crippen LogP contribution in [0.5, 0.6) is 0 Å². The average Bonchev–Trinajstić information content (AvgIpc) is 2.57. The largest absolute Gasteiger partial charge is 0.396 e. The molecule has 0 aromatic heterocycles. The van der Waals surface area contributed by atoms with Crippen molar-refractivity contribution < 1.29 is 19.5 Å². The van der Waals surface area contributed by atoms with Gasteiger partial charge in [-0.2, -0.15) is 0 Å². The number of ketones is 1. The molecule has 1 aliphatic heterocycles. The summed E-state index contributed by atoms with van der Waals surface area (Å²) in [4.78, 5) is 38.7. The van der Waals surface area contributed by atoms with E-state index < -0.39 is 0 Å². The van der Waals surface area contributed by atoms with E-state index >= 15 is 0 Å². The quantitative estimate of drug-likeness (QED) is 0.886. The fourth-order valence-corrected chi connectivity index (χ4v) is 2.40. The minimum atomic E-state index is -0.234. The second-order valence-corrected chi connectivity index (χ2v) is 4.94. The highest BCUT2D eigenvalue weighted by Gasteiger charge is 2.29. The lowest BCUT2D eigenvalue weighted by molar-refractivity contribution is -0.122. The van der Waals surface area contributed by atoms with E-state index in [9.17, 15) is 14.4 Å². The fourth-order valence-electron chi connectivity index (χ4n) is 2.40. The maximum absolute atomic E-state index is 12.2. The second-order valence-electron chi connectivity index (χ2n) is 4.94. The molecule has 21 heavy (non-hydrogen) atoms. The normalized spacial score (nSPS) is 14.7. The van der Waals surface area contributed by atoms with Crippen molar-refractivity contribution in [3.05, 3.63) is 24.3 Å². The third kappa shape index (κ3) is 3.28. The van der Waals surface area contributed by atoms with Crippen molar-refractivity contribution in [1.82, 2.24) is 0 Å². The molecule has 6 nitrogen and oxygen atoms in total. The van der Waals surface area contributed by atoms with Crippen LogP contribution in [-0.4, -0.2) is 42.4 Å². The van der Waals surface area contributed by atoms with E-state index in [1.807, 2.05) is 0 Å². The zero-order valence-corrected chi connectivity index (χ0v) is 11.9. The molecule has 1 heterocycles. The monoisotopic (exact) mass is 290 g/mol. The predicted octanol–water partition coefficient (Wildman–Crippen LogP) is 0.728. The molecule has 6 heteroatoms. The van der Waals surface area contributed by atoms with Gasteiger partial charge in [-0.15, -0.1) is 0 Å². The van der Waals surface area contributed by atoms with Gasteiger partial charge in [-0.1, -0.05) is 12.1 Å². The van der Waals surface area contributed by atoms with Gasteiger partial charge < -0.3 is 14.9 Å². The molecular formula is C15H18N2O4. The molecule has 0 aliphatic carbocycles. The Labute approximate surface area is 123 Å². The fraction of sp³-hybridized carbons (Fsp3) is 0.400. The number of aliphatic hydroxyl groups is 1. The van der Waals surface area contributed by atoms with E-state index in [2.05, 4.69) is 0 Å². The van der Waals surface area contributed by atoms with Gasteiger partial charge in [-0.25, -0.2) is 0 Å². The molecule has 0 bridgehead atoms. The van der Waals surface area contributed by atoms with Crippen LogP contribution in [0.4, 0.5) is 11.4 Å². The highest BCUT2D eigenvalue weighted by molar-refractivity contribution is 6.07. The van der Waals surface area contributed by atoms with Crippen LogP contribution in [-0.2, 0) is 14.4 Å². The summed E-state index contributed by atoms with van der Waals surface area (Å²) in [6.07, 6.45) is 0.161. The van der Waals surface area contributed by atoms with Gasteiger partial charge >= 0.3 is 0 Å². The van der Waals surface area contributed by atoms with Crippen molar-refractivity contribution in [3.63, 3.8) is 0 Å². The summed E-state index contributed by atoms with van der Waals surface area (Å²) in [7, 11) is 0. The first-order valence-corrected chi connectivity index (χ1v) is 6.84. The maximum atomic E-state index is 12.2. The molecular weight excluding hydrogens is 272 g/mol. The molecule has 2 amide bonds. The molecule has 1 aromatic rings. The van der Waals surface area contributed by atoms with Gasteiger partial charge in [-0.05, 0) is 19.1 Å². The minimum absolute atomic E-state index is 0.00211. The molecule has 0 radical (unpaired) electrons. The minimum Gasteiger partial charge on any atom is -0.396 e. The molecule has 0 atom stereocenters. The predicted molar refractivity (Wildman–Crippen MR) is 78.1 cm³/mol. The van der Waals surface area contributed by atoms with Crippen molar-refractivity contribution in [3.8, 4) is 0 Å². The summed E-state index contributed by atoms with van der Waals surface area (Å²) in [6.45, 7) is 1.44. The van der Waals surface area contributed by atoms with Gasteiger partial charge in [0.25, 0.3) is 0 Å². The first-order chi connectivity index (χ1) is 10.0. The number of para-hydroxylation sites is 2.